The summed E-state index contributed by atoms with van der Waals surface area (Å²) in [7, 11) is 1.65. The van der Waals surface area contributed by atoms with Crippen LogP contribution >= 0.6 is 22.6 Å². The molecule has 1 amide bonds. The Morgan fingerprint density at radius 2 is 2.29 bits per heavy atom. The number of methoxy groups -OCH3 is 1. The number of benzene rings is 1. The molecular weight excluding hydrogens is 333 g/mol. The molecule has 0 heterocycles. The molecule has 1 aromatic carbocycles. The molecule has 0 aliphatic carbocycles. The third-order valence-electron chi connectivity index (χ3n) is 2.29. The molecule has 0 fully saturated rings. The predicted molar refractivity (Wildman–Crippen MR) is 73.7 cm³/mol. The Morgan fingerprint density at radius 1 is 1.53 bits per heavy atom. The molecular formula is C12H16INO3. The van der Waals surface area contributed by atoms with Crippen molar-refractivity contribution < 1.29 is 14.3 Å². The van der Waals surface area contributed by atoms with E-state index in [1.54, 1.807) is 7.11 Å². The summed E-state index contributed by atoms with van der Waals surface area (Å²) in [6, 6.07) is 7.84. The van der Waals surface area contributed by atoms with Gasteiger partial charge in [0, 0.05) is 17.3 Å². The maximum Gasteiger partial charge on any atom is 0.405 e. The van der Waals surface area contributed by atoms with E-state index in [0.29, 0.717) is 13.0 Å². The molecule has 94 valence electrons. The van der Waals surface area contributed by atoms with Crippen molar-refractivity contribution in [1.29, 1.82) is 0 Å². The summed E-state index contributed by atoms with van der Waals surface area (Å²) in [5.41, 5.74) is 6.04. The summed E-state index contributed by atoms with van der Waals surface area (Å²) in [4.78, 5) is 10.9. The van der Waals surface area contributed by atoms with Crippen LogP contribution in [0.2, 0.25) is 0 Å². The number of rotatable bonds is 6. The van der Waals surface area contributed by atoms with Crippen LogP contribution in [0.5, 0.6) is 0 Å². The Balaban J connectivity index is 2.70. The van der Waals surface area contributed by atoms with Gasteiger partial charge in [0.25, 0.3) is 0 Å². The van der Waals surface area contributed by atoms with Crippen molar-refractivity contribution in [1.82, 2.24) is 0 Å². The number of carbonyl (C=O) groups excluding carboxylic acids is 1. The van der Waals surface area contributed by atoms with Gasteiger partial charge in [0.05, 0.1) is 0 Å². The number of halogens is 1. The van der Waals surface area contributed by atoms with Gasteiger partial charge in [-0.1, -0.05) is 12.1 Å². The van der Waals surface area contributed by atoms with Crippen molar-refractivity contribution in [2.75, 3.05) is 13.7 Å². The first-order chi connectivity index (χ1) is 8.13. The number of nitrogens with two attached hydrogens (primary N) is 1. The SMILES string of the molecule is COCCC[C@@H](OC(N)=O)c1cccc(I)c1. The fraction of sp³-hybridized carbons (Fsp3) is 0.417. The molecule has 1 aromatic rings. The zero-order valence-corrected chi connectivity index (χ0v) is 11.8. The van der Waals surface area contributed by atoms with Crippen LogP contribution in [0.4, 0.5) is 4.79 Å². The van der Waals surface area contributed by atoms with E-state index in [0.717, 1.165) is 15.6 Å². The van der Waals surface area contributed by atoms with E-state index >= 15 is 0 Å². The molecule has 0 saturated carbocycles. The highest BCUT2D eigenvalue weighted by molar-refractivity contribution is 14.1. The van der Waals surface area contributed by atoms with Crippen LogP contribution in [-0.2, 0) is 9.47 Å². The second-order valence-corrected chi connectivity index (χ2v) is 4.86. The number of amides is 1. The van der Waals surface area contributed by atoms with Crippen LogP contribution < -0.4 is 5.73 Å². The van der Waals surface area contributed by atoms with Gasteiger partial charge in [0.2, 0.25) is 0 Å². The van der Waals surface area contributed by atoms with Gasteiger partial charge in [-0.25, -0.2) is 4.79 Å². The summed E-state index contributed by atoms with van der Waals surface area (Å²) in [6.45, 7) is 0.641. The molecule has 1 rings (SSSR count). The molecule has 0 unspecified atom stereocenters. The maximum absolute atomic E-state index is 10.9. The minimum atomic E-state index is -0.744. The summed E-state index contributed by atoms with van der Waals surface area (Å²) >= 11 is 2.22. The molecule has 2 N–H and O–H groups in total. The minimum Gasteiger partial charge on any atom is -0.442 e. The van der Waals surface area contributed by atoms with E-state index in [9.17, 15) is 4.79 Å². The van der Waals surface area contributed by atoms with Crippen molar-refractivity contribution in [3.63, 3.8) is 0 Å². The average molecular weight is 349 g/mol. The van der Waals surface area contributed by atoms with Crippen molar-refractivity contribution in [2.24, 2.45) is 5.73 Å². The lowest BCUT2D eigenvalue weighted by molar-refractivity contribution is 0.0917. The van der Waals surface area contributed by atoms with Crippen molar-refractivity contribution in [3.05, 3.63) is 33.4 Å². The Hall–Kier alpha value is -0.820. The molecule has 0 spiro atoms. The Kier molecular flexibility index (Phi) is 6.28. The fourth-order valence-electron chi connectivity index (χ4n) is 1.55. The third kappa shape index (κ3) is 5.36. The van der Waals surface area contributed by atoms with Gasteiger partial charge in [-0.15, -0.1) is 0 Å². The van der Waals surface area contributed by atoms with Gasteiger partial charge >= 0.3 is 6.09 Å². The molecule has 0 aliphatic rings. The summed E-state index contributed by atoms with van der Waals surface area (Å²) < 4.78 is 11.2. The van der Waals surface area contributed by atoms with Gasteiger partial charge in [-0.2, -0.15) is 0 Å². The molecule has 17 heavy (non-hydrogen) atoms. The zero-order valence-electron chi connectivity index (χ0n) is 9.69. The summed E-state index contributed by atoms with van der Waals surface area (Å²) in [5.74, 6) is 0. The molecule has 0 saturated heterocycles. The van der Waals surface area contributed by atoms with E-state index in [4.69, 9.17) is 15.2 Å². The number of hydrogen-bond donors (Lipinski definition) is 1. The highest BCUT2D eigenvalue weighted by Crippen LogP contribution is 2.24. The molecule has 1 atom stereocenters. The lowest BCUT2D eigenvalue weighted by Gasteiger charge is -2.17. The first kappa shape index (κ1) is 14.2. The number of hydrogen-bond acceptors (Lipinski definition) is 3. The van der Waals surface area contributed by atoms with Crippen molar-refractivity contribution >= 4 is 28.7 Å². The Morgan fingerprint density at radius 3 is 2.88 bits per heavy atom. The van der Waals surface area contributed by atoms with E-state index in [-0.39, 0.29) is 6.10 Å². The van der Waals surface area contributed by atoms with Crippen LogP contribution in [0.25, 0.3) is 0 Å². The van der Waals surface area contributed by atoms with Gasteiger partial charge in [-0.3, -0.25) is 0 Å². The number of ether oxygens (including phenoxy) is 2. The standard InChI is InChI=1S/C12H16INO3/c1-16-7-3-6-11(17-12(14)15)9-4-2-5-10(13)8-9/h2,4-5,8,11H,3,6-7H2,1H3,(H2,14,15)/t11-/m1/s1. The first-order valence-corrected chi connectivity index (χ1v) is 6.42. The number of carbonyl (C=O) groups is 1. The van der Waals surface area contributed by atoms with Crippen LogP contribution in [0.3, 0.4) is 0 Å². The molecule has 5 heteroatoms. The Bertz CT molecular complexity index is 371. The van der Waals surface area contributed by atoms with Crippen molar-refractivity contribution in [2.45, 2.75) is 18.9 Å². The summed E-state index contributed by atoms with van der Waals surface area (Å²) in [5, 5.41) is 0. The van der Waals surface area contributed by atoms with E-state index < -0.39 is 6.09 Å². The van der Waals surface area contributed by atoms with Gasteiger partial charge in [0.15, 0.2) is 0 Å². The second-order valence-electron chi connectivity index (χ2n) is 3.62. The highest BCUT2D eigenvalue weighted by Gasteiger charge is 2.15. The molecule has 0 aromatic heterocycles. The van der Waals surface area contributed by atoms with E-state index in [2.05, 4.69) is 22.6 Å². The van der Waals surface area contributed by atoms with Gasteiger partial charge < -0.3 is 15.2 Å². The molecule has 0 radical (unpaired) electrons. The molecule has 0 aliphatic heterocycles. The quantitative estimate of drug-likeness (QED) is 0.635. The van der Waals surface area contributed by atoms with Gasteiger partial charge in [-0.05, 0) is 53.1 Å². The second kappa shape index (κ2) is 7.50. The predicted octanol–water partition coefficient (Wildman–Crippen LogP) is 2.85. The highest BCUT2D eigenvalue weighted by atomic mass is 127. The third-order valence-corrected chi connectivity index (χ3v) is 2.96. The van der Waals surface area contributed by atoms with Crippen LogP contribution in [0.1, 0.15) is 24.5 Å². The fourth-order valence-corrected chi connectivity index (χ4v) is 2.12. The average Bonchev–Trinajstić information content (AvgIpc) is 2.27. The lowest BCUT2D eigenvalue weighted by Crippen LogP contribution is -2.18. The zero-order chi connectivity index (χ0) is 12.7. The topological polar surface area (TPSA) is 61.6 Å². The Labute approximate surface area is 115 Å². The largest absolute Gasteiger partial charge is 0.442 e. The molecule has 0 bridgehead atoms. The van der Waals surface area contributed by atoms with Crippen molar-refractivity contribution in [3.8, 4) is 0 Å². The maximum atomic E-state index is 10.9. The lowest BCUT2D eigenvalue weighted by atomic mass is 10.1. The van der Waals surface area contributed by atoms with E-state index in [1.807, 2.05) is 24.3 Å². The molecule has 4 nitrogen and oxygen atoms in total. The van der Waals surface area contributed by atoms with Crippen LogP contribution in [0.15, 0.2) is 24.3 Å². The first-order valence-electron chi connectivity index (χ1n) is 5.34. The monoisotopic (exact) mass is 349 g/mol. The normalized spacial score (nSPS) is 12.1. The van der Waals surface area contributed by atoms with Crippen LogP contribution in [-0.4, -0.2) is 19.8 Å². The number of primary amides is 1. The van der Waals surface area contributed by atoms with Gasteiger partial charge in [0.1, 0.15) is 6.10 Å². The van der Waals surface area contributed by atoms with E-state index in [1.165, 1.54) is 0 Å². The summed E-state index contributed by atoms with van der Waals surface area (Å²) in [6.07, 6.45) is 0.486. The smallest absolute Gasteiger partial charge is 0.405 e. The van der Waals surface area contributed by atoms with Crippen LogP contribution in [0, 0.1) is 3.57 Å². The minimum absolute atomic E-state index is 0.294.